The van der Waals surface area contributed by atoms with E-state index < -0.39 is 59.0 Å². The molecule has 5 aliphatic rings. The Morgan fingerprint density at radius 3 is 2.18 bits per heavy atom. The molecule has 13 heteroatoms. The first-order valence-electron chi connectivity index (χ1n) is 19.1. The maximum Gasteiger partial charge on any atom is 0.287 e. The summed E-state index contributed by atoms with van der Waals surface area (Å²) in [6.45, 7) is 6.56. The van der Waals surface area contributed by atoms with E-state index >= 15 is 0 Å². The molecule has 0 spiro atoms. The van der Waals surface area contributed by atoms with Crippen molar-refractivity contribution in [1.82, 2.24) is 30.8 Å². The van der Waals surface area contributed by atoms with E-state index in [1.165, 1.54) is 18.6 Å². The van der Waals surface area contributed by atoms with Gasteiger partial charge in [0.25, 0.3) is 11.8 Å². The van der Waals surface area contributed by atoms with Crippen molar-refractivity contribution >= 4 is 35.3 Å². The van der Waals surface area contributed by atoms with E-state index in [1.54, 1.807) is 4.90 Å². The molecule has 0 aromatic carbocycles. The molecule has 2 heterocycles. The van der Waals surface area contributed by atoms with Crippen molar-refractivity contribution in [3.63, 3.8) is 0 Å². The lowest BCUT2D eigenvalue weighted by molar-refractivity contribution is -0.148. The number of hydrogen-bond acceptors (Lipinski definition) is 8. The van der Waals surface area contributed by atoms with Crippen LogP contribution in [0, 0.1) is 34.5 Å². The van der Waals surface area contributed by atoms with Gasteiger partial charge >= 0.3 is 0 Å². The Morgan fingerprint density at radius 1 is 0.882 bits per heavy atom. The number of amides is 5. The van der Waals surface area contributed by atoms with Crippen molar-refractivity contribution in [2.45, 2.75) is 135 Å². The molecule has 1 saturated heterocycles. The van der Waals surface area contributed by atoms with Crippen LogP contribution in [0.5, 0.6) is 0 Å². The molecule has 1 aliphatic heterocycles. The average Bonchev–Trinajstić information content (AvgIpc) is 3.40. The molecule has 4 saturated carbocycles. The first-order chi connectivity index (χ1) is 24.3. The second-order valence-electron chi connectivity index (χ2n) is 16.8. The number of ketones is 1. The molecule has 1 unspecified atom stereocenters. The first-order valence-corrected chi connectivity index (χ1v) is 19.1. The Balaban J connectivity index is 1.27. The van der Waals surface area contributed by atoms with Gasteiger partial charge in [-0.25, -0.2) is 4.98 Å². The fourth-order valence-corrected chi connectivity index (χ4v) is 9.61. The summed E-state index contributed by atoms with van der Waals surface area (Å²) >= 11 is 0. The maximum absolute atomic E-state index is 15.0. The second-order valence-corrected chi connectivity index (χ2v) is 16.8. The van der Waals surface area contributed by atoms with Gasteiger partial charge in [0, 0.05) is 18.9 Å². The lowest BCUT2D eigenvalue weighted by Gasteiger charge is -2.44. The number of nitrogens with one attached hydrogen (secondary N) is 3. The summed E-state index contributed by atoms with van der Waals surface area (Å²) in [5, 5.41) is 8.95. The molecule has 13 nitrogen and oxygen atoms in total. The number of carbonyl (C=O) groups excluding carboxylic acids is 6. The summed E-state index contributed by atoms with van der Waals surface area (Å²) in [5.41, 5.74) is 4.74. The van der Waals surface area contributed by atoms with Gasteiger partial charge in [-0.1, -0.05) is 78.6 Å². The molecule has 6 atom stereocenters. The van der Waals surface area contributed by atoms with Crippen LogP contribution in [0.3, 0.4) is 0 Å². The molecular weight excluding hydrogens is 650 g/mol. The van der Waals surface area contributed by atoms with Gasteiger partial charge in [0.2, 0.25) is 23.5 Å². The zero-order valence-corrected chi connectivity index (χ0v) is 30.3. The number of primary amides is 1. The minimum atomic E-state index is -1.09. The van der Waals surface area contributed by atoms with Gasteiger partial charge in [0.1, 0.15) is 23.8 Å². The van der Waals surface area contributed by atoms with E-state index in [1.807, 2.05) is 6.92 Å². The molecule has 5 fully saturated rings. The van der Waals surface area contributed by atoms with E-state index in [0.29, 0.717) is 13.0 Å². The molecule has 6 rings (SSSR count). The van der Waals surface area contributed by atoms with Gasteiger partial charge in [-0.3, -0.25) is 33.8 Å². The third-order valence-electron chi connectivity index (χ3n) is 13.1. The zero-order valence-electron chi connectivity index (χ0n) is 30.3. The van der Waals surface area contributed by atoms with Crippen molar-refractivity contribution in [1.29, 1.82) is 0 Å². The maximum atomic E-state index is 15.0. The Hall–Kier alpha value is -3.90. The Bertz CT molecular complexity index is 1500. The quantitative estimate of drug-likeness (QED) is 0.225. The van der Waals surface area contributed by atoms with Crippen LogP contribution in [0.2, 0.25) is 0 Å². The van der Waals surface area contributed by atoms with Crippen LogP contribution in [0.15, 0.2) is 18.6 Å². The number of fused-ring (bicyclic) bond motifs is 1. The Labute approximate surface area is 300 Å². The fraction of sp³-hybridized carbons (Fsp3) is 0.737. The van der Waals surface area contributed by atoms with Crippen LogP contribution in [0.4, 0.5) is 0 Å². The standard InChI is InChI=1S/C38H55N7O6/c1-37(2)24-21-45(29(27(24)37)35(50)42-25(30(46)32(39)47)19-22-11-10-12-22)36(51)31(38(3)15-8-5-9-16-38)44-34(49)28(23-13-6-4-7-14-23)43-33(48)26-20-40-17-18-41-26/h17-18,20,22-25,27-29,31H,4-16,19,21H2,1-3H3,(H2,39,47)(H,42,50)(H,43,48)(H,44,49)/t24-,25?,27-,28-,29-,31+/m0/s1. The lowest BCUT2D eigenvalue weighted by Crippen LogP contribution is -2.64. The third-order valence-corrected chi connectivity index (χ3v) is 13.1. The van der Waals surface area contributed by atoms with Gasteiger partial charge in [-0.15, -0.1) is 0 Å². The zero-order chi connectivity index (χ0) is 36.5. The minimum Gasteiger partial charge on any atom is -0.363 e. The van der Waals surface area contributed by atoms with Crippen molar-refractivity contribution in [2.75, 3.05) is 6.54 Å². The Morgan fingerprint density at radius 2 is 1.57 bits per heavy atom. The summed E-state index contributed by atoms with van der Waals surface area (Å²) in [4.78, 5) is 91.6. The van der Waals surface area contributed by atoms with Crippen LogP contribution in [0.1, 0.15) is 121 Å². The van der Waals surface area contributed by atoms with E-state index in [0.717, 1.165) is 83.5 Å². The summed E-state index contributed by atoms with van der Waals surface area (Å²) in [7, 11) is 0. The average molecular weight is 706 g/mol. The molecule has 51 heavy (non-hydrogen) atoms. The number of Topliss-reactive ketones (excluding diaryl/α,β-unsaturated/α-hetero) is 1. The normalized spacial score (nSPS) is 27.1. The first kappa shape index (κ1) is 36.9. The molecule has 278 valence electrons. The smallest absolute Gasteiger partial charge is 0.287 e. The molecule has 5 amide bonds. The number of nitrogens with two attached hydrogens (primary N) is 1. The number of carbonyl (C=O) groups is 6. The van der Waals surface area contributed by atoms with Crippen molar-refractivity contribution in [3.05, 3.63) is 24.3 Å². The highest BCUT2D eigenvalue weighted by Gasteiger charge is 2.70. The van der Waals surface area contributed by atoms with Crippen LogP contribution < -0.4 is 21.7 Å². The van der Waals surface area contributed by atoms with E-state index in [9.17, 15) is 28.8 Å². The number of piperidine rings is 1. The predicted octanol–water partition coefficient (Wildman–Crippen LogP) is 2.82. The Kier molecular flexibility index (Phi) is 10.8. The highest BCUT2D eigenvalue weighted by molar-refractivity contribution is 6.37. The topological polar surface area (TPSA) is 194 Å². The third kappa shape index (κ3) is 7.67. The number of likely N-dealkylation sites (tertiary alicyclic amines) is 1. The molecule has 5 N–H and O–H groups in total. The number of aromatic nitrogens is 2. The lowest BCUT2D eigenvalue weighted by atomic mass is 9.69. The summed E-state index contributed by atoms with van der Waals surface area (Å²) < 4.78 is 0. The SMILES string of the molecule is CC1([C@H](NC(=O)[C@@H](NC(=O)c2cnccn2)C2CCCCC2)C(=O)N2C[C@H]3[C@@H]([C@H]2C(=O)NC(CC2CCC2)C(=O)C(N)=O)C3(C)C)CCCCC1. The number of rotatable bonds is 13. The molecule has 0 radical (unpaired) electrons. The van der Waals surface area contributed by atoms with Crippen molar-refractivity contribution < 1.29 is 28.8 Å². The van der Waals surface area contributed by atoms with Gasteiger partial charge in [0.15, 0.2) is 0 Å². The molecule has 0 bridgehead atoms. The summed E-state index contributed by atoms with van der Waals surface area (Å²) in [6, 6.07) is -3.71. The molecule has 1 aromatic heterocycles. The van der Waals surface area contributed by atoms with Gasteiger partial charge in [-0.2, -0.15) is 0 Å². The van der Waals surface area contributed by atoms with Crippen LogP contribution in [-0.4, -0.2) is 80.9 Å². The van der Waals surface area contributed by atoms with Crippen molar-refractivity contribution in [2.24, 2.45) is 40.2 Å². The summed E-state index contributed by atoms with van der Waals surface area (Å²) in [5.74, 6) is -3.55. The van der Waals surface area contributed by atoms with E-state index in [2.05, 4.69) is 39.8 Å². The summed E-state index contributed by atoms with van der Waals surface area (Å²) in [6.07, 6.45) is 16.3. The largest absolute Gasteiger partial charge is 0.363 e. The van der Waals surface area contributed by atoms with Gasteiger partial charge in [0.05, 0.1) is 12.2 Å². The molecular formula is C38H55N7O6. The fourth-order valence-electron chi connectivity index (χ4n) is 9.61. The molecule has 4 aliphatic carbocycles. The van der Waals surface area contributed by atoms with Gasteiger partial charge < -0.3 is 26.6 Å². The van der Waals surface area contributed by atoms with E-state index in [4.69, 9.17) is 5.73 Å². The number of nitrogens with zero attached hydrogens (tertiary/aromatic N) is 3. The van der Waals surface area contributed by atoms with Crippen LogP contribution in [0.25, 0.3) is 0 Å². The highest BCUT2D eigenvalue weighted by Crippen LogP contribution is 2.65. The number of hydrogen-bond donors (Lipinski definition) is 4. The van der Waals surface area contributed by atoms with E-state index in [-0.39, 0.29) is 40.7 Å². The van der Waals surface area contributed by atoms with Crippen LogP contribution in [-0.2, 0) is 24.0 Å². The highest BCUT2D eigenvalue weighted by atomic mass is 16.2. The van der Waals surface area contributed by atoms with Crippen LogP contribution >= 0.6 is 0 Å². The minimum absolute atomic E-state index is 0.0749. The monoisotopic (exact) mass is 705 g/mol. The molecule has 1 aromatic rings. The van der Waals surface area contributed by atoms with Crippen molar-refractivity contribution in [3.8, 4) is 0 Å². The predicted molar refractivity (Wildman–Crippen MR) is 187 cm³/mol. The van der Waals surface area contributed by atoms with Gasteiger partial charge in [-0.05, 0) is 66.6 Å². The second kappa shape index (κ2) is 15.0.